The van der Waals surface area contributed by atoms with E-state index in [0.717, 1.165) is 68.3 Å². The number of hydrogen-bond donors (Lipinski definition) is 3. The Balaban J connectivity index is 1.29. The minimum absolute atomic E-state index is 0.0578. The van der Waals surface area contributed by atoms with E-state index in [-0.39, 0.29) is 11.8 Å². The first-order chi connectivity index (χ1) is 17.2. The predicted octanol–water partition coefficient (Wildman–Crippen LogP) is 5.98. The van der Waals surface area contributed by atoms with Crippen LogP contribution in [0.1, 0.15) is 12.8 Å². The van der Waals surface area contributed by atoms with Gasteiger partial charge in [0.2, 0.25) is 5.91 Å². The summed E-state index contributed by atoms with van der Waals surface area (Å²) >= 11 is 0. The fraction of sp³-hybridized carbons (Fsp3) is 0.107. The summed E-state index contributed by atoms with van der Waals surface area (Å²) in [5, 5.41) is 12.7. The minimum Gasteiger partial charge on any atom is -0.472 e. The van der Waals surface area contributed by atoms with Gasteiger partial charge in [0.1, 0.15) is 5.69 Å². The molecule has 0 atom stereocenters. The molecule has 35 heavy (non-hydrogen) atoms. The van der Waals surface area contributed by atoms with Gasteiger partial charge in [0, 0.05) is 34.0 Å². The maximum absolute atomic E-state index is 12.2. The molecule has 0 aliphatic heterocycles. The lowest BCUT2D eigenvalue weighted by atomic mass is 10.0. The standard InChI is InChI=1S/C28H19N5O2/c34-28(16-4-5-16)30-20-3-1-2-17(10-20)18-6-7-24-22(11-18)27(33-32-24)25-12-21-23(19-8-9-35-15-19)13-29-14-26(21)31-25/h2,6-16,31H,4-5H2,(H,30,34)(H,32,33). The van der Waals surface area contributed by atoms with Gasteiger partial charge in [-0.3, -0.25) is 14.9 Å². The number of rotatable bonds is 5. The first-order valence-electron chi connectivity index (χ1n) is 11.5. The molecule has 0 spiro atoms. The molecular formula is C28H19N5O2. The summed E-state index contributed by atoms with van der Waals surface area (Å²) in [6.07, 6.45) is 8.96. The Labute approximate surface area is 200 Å². The Hall–Kier alpha value is -4.83. The molecule has 3 N–H and O–H groups in total. The monoisotopic (exact) mass is 457 g/mol. The van der Waals surface area contributed by atoms with Gasteiger partial charge >= 0.3 is 0 Å². The summed E-state index contributed by atoms with van der Waals surface area (Å²) in [6, 6.07) is 20.0. The molecule has 0 radical (unpaired) electrons. The zero-order chi connectivity index (χ0) is 23.4. The van der Waals surface area contributed by atoms with Crippen molar-refractivity contribution < 1.29 is 9.21 Å². The summed E-state index contributed by atoms with van der Waals surface area (Å²) in [5.41, 5.74) is 8.15. The number of benzene rings is 1. The molecule has 7 heteroatoms. The summed E-state index contributed by atoms with van der Waals surface area (Å²) in [4.78, 5) is 20.0. The molecule has 0 bridgehead atoms. The van der Waals surface area contributed by atoms with Crippen molar-refractivity contribution in [3.63, 3.8) is 0 Å². The molecule has 6 aromatic rings. The lowest BCUT2D eigenvalue weighted by Gasteiger charge is -2.05. The molecule has 1 aliphatic rings. The minimum atomic E-state index is 0.0578. The van der Waals surface area contributed by atoms with Crippen LogP contribution in [-0.2, 0) is 4.79 Å². The van der Waals surface area contributed by atoms with E-state index in [1.165, 1.54) is 0 Å². The Kier molecular flexibility index (Phi) is 4.26. The van der Waals surface area contributed by atoms with E-state index < -0.39 is 0 Å². The second kappa shape index (κ2) is 7.61. The second-order valence-electron chi connectivity index (χ2n) is 8.87. The molecule has 4 heterocycles. The Morgan fingerprint density at radius 2 is 1.97 bits per heavy atom. The van der Waals surface area contributed by atoms with E-state index >= 15 is 0 Å². The number of aromatic amines is 2. The van der Waals surface area contributed by atoms with Gasteiger partial charge in [-0.05, 0) is 66.4 Å². The van der Waals surface area contributed by atoms with Gasteiger partial charge in [0.15, 0.2) is 0 Å². The van der Waals surface area contributed by atoms with Crippen LogP contribution >= 0.6 is 0 Å². The molecule has 1 amide bonds. The Morgan fingerprint density at radius 1 is 1.03 bits per heavy atom. The highest BCUT2D eigenvalue weighted by Gasteiger charge is 2.29. The van der Waals surface area contributed by atoms with Crippen molar-refractivity contribution in [2.45, 2.75) is 12.8 Å². The van der Waals surface area contributed by atoms with Crippen molar-refractivity contribution in [3.05, 3.63) is 79.5 Å². The Morgan fingerprint density at radius 3 is 2.83 bits per heavy atom. The number of aromatic nitrogens is 4. The van der Waals surface area contributed by atoms with Crippen LogP contribution < -0.4 is 5.32 Å². The maximum Gasteiger partial charge on any atom is 0.227 e. The molecule has 168 valence electrons. The van der Waals surface area contributed by atoms with Crippen LogP contribution in [0.2, 0.25) is 0 Å². The number of amides is 1. The third-order valence-electron chi connectivity index (χ3n) is 6.47. The van der Waals surface area contributed by atoms with Gasteiger partial charge in [0.05, 0.1) is 41.1 Å². The predicted molar refractivity (Wildman–Crippen MR) is 133 cm³/mol. The molecule has 7 nitrogen and oxygen atoms in total. The first kappa shape index (κ1) is 19.6. The molecule has 1 fully saturated rings. The smallest absolute Gasteiger partial charge is 0.227 e. The van der Waals surface area contributed by atoms with Crippen LogP contribution in [0.4, 0.5) is 5.69 Å². The van der Waals surface area contributed by atoms with Crippen molar-refractivity contribution in [2.24, 2.45) is 5.92 Å². The lowest BCUT2D eigenvalue weighted by Crippen LogP contribution is -2.12. The second-order valence-corrected chi connectivity index (χ2v) is 8.87. The van der Waals surface area contributed by atoms with E-state index in [1.54, 1.807) is 12.5 Å². The van der Waals surface area contributed by atoms with E-state index in [0.29, 0.717) is 5.69 Å². The van der Waals surface area contributed by atoms with Crippen molar-refractivity contribution in [1.82, 2.24) is 20.2 Å². The summed E-state index contributed by atoms with van der Waals surface area (Å²) in [6.45, 7) is 0. The summed E-state index contributed by atoms with van der Waals surface area (Å²) in [5.74, 6) is 0.194. The summed E-state index contributed by atoms with van der Waals surface area (Å²) < 4.78 is 5.27. The van der Waals surface area contributed by atoms with Crippen molar-refractivity contribution in [3.8, 4) is 33.6 Å². The number of fused-ring (bicyclic) bond motifs is 2. The number of pyridine rings is 1. The van der Waals surface area contributed by atoms with Crippen molar-refractivity contribution in [2.75, 3.05) is 5.32 Å². The fourth-order valence-electron chi connectivity index (χ4n) is 4.46. The molecule has 4 aromatic heterocycles. The SMILES string of the molecule is O=C(Nc1c#ccc(-c2ccc3[nH]nc(-c4cc5c(-c6ccoc6)cncc5[nH]4)c3c2)c1)C1CC1. The third kappa shape index (κ3) is 3.44. The van der Waals surface area contributed by atoms with Crippen LogP contribution in [0.3, 0.4) is 0 Å². The van der Waals surface area contributed by atoms with E-state index in [2.05, 4.69) is 49.7 Å². The van der Waals surface area contributed by atoms with Crippen LogP contribution in [0.15, 0.2) is 71.8 Å². The van der Waals surface area contributed by atoms with Gasteiger partial charge in [-0.1, -0.05) is 12.1 Å². The molecule has 0 saturated heterocycles. The Bertz CT molecular complexity index is 1710. The van der Waals surface area contributed by atoms with Crippen LogP contribution in [0.5, 0.6) is 0 Å². The van der Waals surface area contributed by atoms with Crippen molar-refractivity contribution >= 4 is 33.4 Å². The topological polar surface area (TPSA) is 99.6 Å². The average molecular weight is 457 g/mol. The maximum atomic E-state index is 12.2. The van der Waals surface area contributed by atoms with Crippen LogP contribution in [-0.4, -0.2) is 26.1 Å². The van der Waals surface area contributed by atoms with Gasteiger partial charge in [-0.25, -0.2) is 0 Å². The normalized spacial score (nSPS) is 13.3. The number of anilines is 1. The van der Waals surface area contributed by atoms with Crippen LogP contribution in [0.25, 0.3) is 55.4 Å². The van der Waals surface area contributed by atoms with E-state index in [1.807, 2.05) is 42.7 Å². The number of H-pyrrole nitrogens is 2. The highest BCUT2D eigenvalue weighted by atomic mass is 16.3. The number of carbonyl (C=O) groups is 1. The number of furan rings is 1. The summed E-state index contributed by atoms with van der Waals surface area (Å²) in [7, 11) is 0. The number of carbonyl (C=O) groups excluding carboxylic acids is 1. The van der Waals surface area contributed by atoms with Gasteiger partial charge < -0.3 is 14.7 Å². The lowest BCUT2D eigenvalue weighted by molar-refractivity contribution is -0.117. The number of hydrogen-bond acceptors (Lipinski definition) is 4. The zero-order valence-corrected chi connectivity index (χ0v) is 18.6. The highest BCUT2D eigenvalue weighted by Crippen LogP contribution is 2.35. The average Bonchev–Trinajstić information content (AvgIpc) is 3.26. The van der Waals surface area contributed by atoms with Gasteiger partial charge in [-0.15, -0.1) is 0 Å². The molecule has 2 aromatic carbocycles. The third-order valence-corrected chi connectivity index (χ3v) is 6.47. The number of nitrogens with zero attached hydrogens (tertiary/aromatic N) is 2. The zero-order valence-electron chi connectivity index (χ0n) is 18.6. The van der Waals surface area contributed by atoms with E-state index in [4.69, 9.17) is 4.42 Å². The number of nitrogens with one attached hydrogen (secondary N) is 3. The largest absolute Gasteiger partial charge is 0.472 e. The molecular weight excluding hydrogens is 438 g/mol. The van der Waals surface area contributed by atoms with Crippen molar-refractivity contribution in [1.29, 1.82) is 0 Å². The molecule has 1 aliphatic carbocycles. The molecule has 7 rings (SSSR count). The van der Waals surface area contributed by atoms with Crippen LogP contribution in [0, 0.1) is 18.1 Å². The fourth-order valence-corrected chi connectivity index (χ4v) is 4.46. The highest BCUT2D eigenvalue weighted by molar-refractivity contribution is 6.01. The van der Waals surface area contributed by atoms with Gasteiger partial charge in [0.25, 0.3) is 0 Å². The molecule has 1 saturated carbocycles. The van der Waals surface area contributed by atoms with E-state index in [9.17, 15) is 4.79 Å². The first-order valence-corrected chi connectivity index (χ1v) is 11.5. The van der Waals surface area contributed by atoms with Gasteiger partial charge in [-0.2, -0.15) is 5.10 Å². The quantitative estimate of drug-likeness (QED) is 0.296. The molecule has 0 unspecified atom stereocenters.